The van der Waals surface area contributed by atoms with Gasteiger partial charge in [0.2, 0.25) is 5.91 Å². The summed E-state index contributed by atoms with van der Waals surface area (Å²) in [4.78, 5) is 23.2. The number of rotatable bonds is 3. The summed E-state index contributed by atoms with van der Waals surface area (Å²) in [6.45, 7) is 4.77. The lowest BCUT2D eigenvalue weighted by Gasteiger charge is -2.36. The summed E-state index contributed by atoms with van der Waals surface area (Å²) in [5.74, 6) is -0.913. The molecule has 2 N–H and O–H groups in total. The van der Waals surface area contributed by atoms with Crippen molar-refractivity contribution in [2.24, 2.45) is 11.8 Å². The molecule has 1 aliphatic carbocycles. The van der Waals surface area contributed by atoms with E-state index in [1.807, 2.05) is 13.8 Å². The van der Waals surface area contributed by atoms with Crippen LogP contribution in [0, 0.1) is 11.8 Å². The van der Waals surface area contributed by atoms with E-state index in [1.165, 1.54) is 0 Å². The average molecular weight is 283 g/mol. The highest BCUT2D eigenvalue weighted by molar-refractivity contribution is 5.79. The molecule has 1 aliphatic heterocycles. The quantitative estimate of drug-likeness (QED) is 0.830. The molecule has 0 aromatic carbocycles. The highest BCUT2D eigenvalue weighted by Gasteiger charge is 2.33. The van der Waals surface area contributed by atoms with Gasteiger partial charge in [-0.3, -0.25) is 9.59 Å². The zero-order valence-electron chi connectivity index (χ0n) is 12.4. The lowest BCUT2D eigenvalue weighted by molar-refractivity contribution is -0.144. The van der Waals surface area contributed by atoms with Crippen LogP contribution in [0.25, 0.3) is 0 Å². The zero-order valence-corrected chi connectivity index (χ0v) is 12.4. The Hall–Kier alpha value is -1.10. The van der Waals surface area contributed by atoms with Crippen LogP contribution in [0.2, 0.25) is 0 Å². The van der Waals surface area contributed by atoms with Gasteiger partial charge in [0.15, 0.2) is 0 Å². The van der Waals surface area contributed by atoms with Gasteiger partial charge in [0.05, 0.1) is 11.5 Å². The molecule has 0 aromatic rings. The Balaban J connectivity index is 1.79. The van der Waals surface area contributed by atoms with Crippen molar-refractivity contribution in [3.05, 3.63) is 0 Å². The smallest absolute Gasteiger partial charge is 0.306 e. The van der Waals surface area contributed by atoms with Crippen molar-refractivity contribution in [3.8, 4) is 0 Å². The van der Waals surface area contributed by atoms with Crippen molar-refractivity contribution in [1.29, 1.82) is 0 Å². The van der Waals surface area contributed by atoms with Crippen molar-refractivity contribution in [3.63, 3.8) is 0 Å². The maximum absolute atomic E-state index is 12.3. The molecule has 0 bridgehead atoms. The van der Waals surface area contributed by atoms with Crippen LogP contribution >= 0.6 is 0 Å². The fourth-order valence-corrected chi connectivity index (χ4v) is 3.28. The SMILES string of the molecule is CC1(C)CC(NC(=O)C2CCC(C(=O)O)CC2)CCO1. The molecule has 5 heteroatoms. The number of carboxylic acids is 1. The van der Waals surface area contributed by atoms with E-state index in [0.29, 0.717) is 32.3 Å². The van der Waals surface area contributed by atoms with Crippen molar-refractivity contribution in [2.75, 3.05) is 6.61 Å². The summed E-state index contributed by atoms with van der Waals surface area (Å²) in [5, 5.41) is 12.1. The molecule has 2 rings (SSSR count). The first kappa shape index (κ1) is 15.3. The minimum absolute atomic E-state index is 0.0171. The second-order valence-corrected chi connectivity index (χ2v) is 6.69. The minimum Gasteiger partial charge on any atom is -0.481 e. The number of aliphatic carboxylic acids is 1. The first-order valence-electron chi connectivity index (χ1n) is 7.54. The van der Waals surface area contributed by atoms with Crippen LogP contribution in [0.4, 0.5) is 0 Å². The summed E-state index contributed by atoms with van der Waals surface area (Å²) < 4.78 is 5.65. The fraction of sp³-hybridized carbons (Fsp3) is 0.867. The highest BCUT2D eigenvalue weighted by Crippen LogP contribution is 2.30. The first-order chi connectivity index (χ1) is 9.37. The van der Waals surface area contributed by atoms with Gasteiger partial charge in [0.1, 0.15) is 0 Å². The molecule has 0 aromatic heterocycles. The molecule has 1 saturated carbocycles. The van der Waals surface area contributed by atoms with E-state index in [2.05, 4.69) is 5.32 Å². The number of nitrogens with one attached hydrogen (secondary N) is 1. The monoisotopic (exact) mass is 283 g/mol. The summed E-state index contributed by atoms with van der Waals surface area (Å²) in [5.41, 5.74) is -0.169. The molecule has 1 saturated heterocycles. The Morgan fingerprint density at radius 2 is 1.70 bits per heavy atom. The zero-order chi connectivity index (χ0) is 14.8. The number of carbonyl (C=O) groups excluding carboxylic acids is 1. The van der Waals surface area contributed by atoms with Crippen molar-refractivity contribution >= 4 is 11.9 Å². The van der Waals surface area contributed by atoms with Crippen LogP contribution in [0.1, 0.15) is 52.4 Å². The molecular weight excluding hydrogens is 258 g/mol. The van der Waals surface area contributed by atoms with E-state index in [9.17, 15) is 9.59 Å². The molecule has 5 nitrogen and oxygen atoms in total. The van der Waals surface area contributed by atoms with E-state index in [0.717, 1.165) is 12.8 Å². The molecule has 1 amide bonds. The van der Waals surface area contributed by atoms with Crippen LogP contribution in [0.5, 0.6) is 0 Å². The van der Waals surface area contributed by atoms with Crippen LogP contribution in [-0.4, -0.2) is 35.2 Å². The lowest BCUT2D eigenvalue weighted by Crippen LogP contribution is -2.47. The predicted molar refractivity (Wildman–Crippen MR) is 74.3 cm³/mol. The van der Waals surface area contributed by atoms with Gasteiger partial charge < -0.3 is 15.2 Å². The summed E-state index contributed by atoms with van der Waals surface area (Å²) in [6.07, 6.45) is 4.31. The molecule has 0 spiro atoms. The Morgan fingerprint density at radius 3 is 2.25 bits per heavy atom. The molecule has 1 atom stereocenters. The molecule has 2 fully saturated rings. The van der Waals surface area contributed by atoms with Gasteiger partial charge in [0, 0.05) is 18.6 Å². The lowest BCUT2D eigenvalue weighted by atomic mass is 9.81. The Morgan fingerprint density at radius 1 is 1.10 bits per heavy atom. The van der Waals surface area contributed by atoms with Crippen LogP contribution in [-0.2, 0) is 14.3 Å². The van der Waals surface area contributed by atoms with E-state index in [4.69, 9.17) is 9.84 Å². The van der Waals surface area contributed by atoms with Crippen molar-refractivity contribution in [2.45, 2.75) is 64.0 Å². The molecule has 0 radical (unpaired) electrons. The van der Waals surface area contributed by atoms with Gasteiger partial charge in [-0.25, -0.2) is 0 Å². The van der Waals surface area contributed by atoms with Crippen LogP contribution in [0.3, 0.4) is 0 Å². The molecule has 1 unspecified atom stereocenters. The van der Waals surface area contributed by atoms with E-state index >= 15 is 0 Å². The number of carboxylic acid groups (broad SMARTS) is 1. The average Bonchev–Trinajstić information content (AvgIpc) is 2.37. The van der Waals surface area contributed by atoms with Gasteiger partial charge in [-0.2, -0.15) is 0 Å². The molecule has 1 heterocycles. The van der Waals surface area contributed by atoms with Gasteiger partial charge in [0.25, 0.3) is 0 Å². The minimum atomic E-state index is -0.727. The highest BCUT2D eigenvalue weighted by atomic mass is 16.5. The molecular formula is C15H25NO4. The Kier molecular flexibility index (Phi) is 4.68. The molecule has 2 aliphatic rings. The molecule has 114 valence electrons. The third kappa shape index (κ3) is 3.95. The van der Waals surface area contributed by atoms with E-state index in [1.54, 1.807) is 0 Å². The van der Waals surface area contributed by atoms with Gasteiger partial charge in [-0.15, -0.1) is 0 Å². The Bertz CT molecular complexity index is 372. The summed E-state index contributed by atoms with van der Waals surface area (Å²) in [6, 6.07) is 0.184. The van der Waals surface area contributed by atoms with Gasteiger partial charge >= 0.3 is 5.97 Å². The second-order valence-electron chi connectivity index (χ2n) is 6.69. The Labute approximate surface area is 120 Å². The van der Waals surface area contributed by atoms with E-state index < -0.39 is 5.97 Å². The normalized spacial score (nSPS) is 33.4. The topological polar surface area (TPSA) is 75.6 Å². The molecule has 20 heavy (non-hydrogen) atoms. The number of hydrogen-bond acceptors (Lipinski definition) is 3. The van der Waals surface area contributed by atoms with Crippen molar-refractivity contribution < 1.29 is 19.4 Å². The maximum Gasteiger partial charge on any atom is 0.306 e. The fourth-order valence-electron chi connectivity index (χ4n) is 3.28. The first-order valence-corrected chi connectivity index (χ1v) is 7.54. The standard InChI is InChI=1S/C15H25NO4/c1-15(2)9-12(7-8-20-15)16-13(17)10-3-5-11(6-4-10)14(18)19/h10-12H,3-9H2,1-2H3,(H,16,17)(H,18,19). The van der Waals surface area contributed by atoms with Crippen LogP contribution in [0.15, 0.2) is 0 Å². The number of ether oxygens (including phenoxy) is 1. The largest absolute Gasteiger partial charge is 0.481 e. The van der Waals surface area contributed by atoms with Crippen LogP contribution < -0.4 is 5.32 Å². The third-order valence-corrected chi connectivity index (χ3v) is 4.49. The third-order valence-electron chi connectivity index (χ3n) is 4.49. The summed E-state index contributed by atoms with van der Waals surface area (Å²) >= 11 is 0. The number of carbonyl (C=O) groups is 2. The summed E-state index contributed by atoms with van der Waals surface area (Å²) in [7, 11) is 0. The maximum atomic E-state index is 12.3. The number of hydrogen-bond donors (Lipinski definition) is 2. The van der Waals surface area contributed by atoms with Crippen molar-refractivity contribution in [1.82, 2.24) is 5.32 Å². The van der Waals surface area contributed by atoms with E-state index in [-0.39, 0.29) is 29.4 Å². The number of amides is 1. The van der Waals surface area contributed by atoms with Gasteiger partial charge in [-0.05, 0) is 52.4 Å². The van der Waals surface area contributed by atoms with Gasteiger partial charge in [-0.1, -0.05) is 0 Å². The predicted octanol–water partition coefficient (Wildman–Crippen LogP) is 1.95. The second kappa shape index (κ2) is 6.12.